The fourth-order valence-corrected chi connectivity index (χ4v) is 1.74. The lowest BCUT2D eigenvalue weighted by Crippen LogP contribution is -2.30. The number of amides is 1. The van der Waals surface area contributed by atoms with Crippen molar-refractivity contribution < 1.29 is 14.7 Å². The smallest absolute Gasteiger partial charge is 0.320 e. The van der Waals surface area contributed by atoms with Crippen LogP contribution in [0.1, 0.15) is 31.2 Å². The summed E-state index contributed by atoms with van der Waals surface area (Å²) in [5.74, 6) is -0.976. The predicted octanol–water partition coefficient (Wildman–Crippen LogP) is 0.713. The van der Waals surface area contributed by atoms with Crippen LogP contribution in [0.15, 0.2) is 24.5 Å². The van der Waals surface area contributed by atoms with Crippen LogP contribution < -0.4 is 11.1 Å². The minimum atomic E-state index is -0.980. The van der Waals surface area contributed by atoms with Gasteiger partial charge in [-0.2, -0.15) is 0 Å². The van der Waals surface area contributed by atoms with Gasteiger partial charge in [-0.25, -0.2) is 0 Å². The van der Waals surface area contributed by atoms with Gasteiger partial charge in [-0.15, -0.1) is 0 Å². The van der Waals surface area contributed by atoms with Gasteiger partial charge in [0.25, 0.3) is 0 Å². The Balaban J connectivity index is 2.05. The standard InChI is InChI=1S/C14H21N3O3/c15-12(14(19)20)3-1-2-8-17-13(18)5-4-11-6-9-16-10-7-11/h6-7,9-10,12H,1-5,8,15H2,(H,17,18)(H,19,20)/t12-/m0/s1. The molecule has 1 aromatic heterocycles. The van der Waals surface area contributed by atoms with E-state index >= 15 is 0 Å². The lowest BCUT2D eigenvalue weighted by molar-refractivity contribution is -0.138. The lowest BCUT2D eigenvalue weighted by atomic mass is 10.1. The number of unbranched alkanes of at least 4 members (excludes halogenated alkanes) is 1. The highest BCUT2D eigenvalue weighted by Gasteiger charge is 2.10. The van der Waals surface area contributed by atoms with Crippen molar-refractivity contribution in [1.82, 2.24) is 10.3 Å². The van der Waals surface area contributed by atoms with Crippen molar-refractivity contribution in [2.45, 2.75) is 38.1 Å². The second kappa shape index (κ2) is 9.03. The number of carboxylic acid groups (broad SMARTS) is 1. The summed E-state index contributed by atoms with van der Waals surface area (Å²) in [5.41, 5.74) is 6.46. The second-order valence-corrected chi connectivity index (χ2v) is 4.65. The average molecular weight is 279 g/mol. The van der Waals surface area contributed by atoms with Crippen LogP contribution in [0.3, 0.4) is 0 Å². The quantitative estimate of drug-likeness (QED) is 0.577. The van der Waals surface area contributed by atoms with E-state index in [0.717, 1.165) is 12.0 Å². The summed E-state index contributed by atoms with van der Waals surface area (Å²) in [6, 6.07) is 2.97. The molecule has 6 nitrogen and oxygen atoms in total. The Kier molecular flexibility index (Phi) is 7.27. The van der Waals surface area contributed by atoms with E-state index in [4.69, 9.17) is 10.8 Å². The maximum atomic E-state index is 11.6. The number of nitrogens with one attached hydrogen (secondary N) is 1. The Labute approximate surface area is 118 Å². The summed E-state index contributed by atoms with van der Waals surface area (Å²) in [5, 5.41) is 11.4. The van der Waals surface area contributed by atoms with Gasteiger partial charge in [0.1, 0.15) is 6.04 Å². The molecule has 0 fully saturated rings. The lowest BCUT2D eigenvalue weighted by Gasteiger charge is -2.07. The van der Waals surface area contributed by atoms with Gasteiger partial charge < -0.3 is 16.2 Å². The molecule has 0 aliphatic heterocycles. The zero-order valence-electron chi connectivity index (χ0n) is 11.4. The van der Waals surface area contributed by atoms with Crippen LogP contribution in [-0.4, -0.2) is 34.6 Å². The minimum Gasteiger partial charge on any atom is -0.480 e. The van der Waals surface area contributed by atoms with Gasteiger partial charge >= 0.3 is 5.97 Å². The first kappa shape index (κ1) is 16.1. The fourth-order valence-electron chi connectivity index (χ4n) is 1.74. The monoisotopic (exact) mass is 279 g/mol. The third kappa shape index (κ3) is 6.84. The van der Waals surface area contributed by atoms with Gasteiger partial charge in [0.05, 0.1) is 0 Å². The molecule has 1 aromatic rings. The molecule has 110 valence electrons. The number of hydrogen-bond acceptors (Lipinski definition) is 4. The highest BCUT2D eigenvalue weighted by Crippen LogP contribution is 2.01. The van der Waals surface area contributed by atoms with Crippen molar-refractivity contribution in [2.75, 3.05) is 6.54 Å². The Hall–Kier alpha value is -1.95. The molecule has 1 heterocycles. The number of hydrogen-bond donors (Lipinski definition) is 3. The van der Waals surface area contributed by atoms with Crippen molar-refractivity contribution in [1.29, 1.82) is 0 Å². The normalized spacial score (nSPS) is 11.8. The number of carboxylic acids is 1. The SMILES string of the molecule is N[C@@H](CCCCNC(=O)CCc1ccncc1)C(=O)O. The van der Waals surface area contributed by atoms with E-state index in [9.17, 15) is 9.59 Å². The fraction of sp³-hybridized carbons (Fsp3) is 0.500. The van der Waals surface area contributed by atoms with Crippen molar-refractivity contribution in [3.05, 3.63) is 30.1 Å². The largest absolute Gasteiger partial charge is 0.480 e. The number of aryl methyl sites for hydroxylation is 1. The first-order valence-electron chi connectivity index (χ1n) is 6.73. The van der Waals surface area contributed by atoms with Gasteiger partial charge in [-0.1, -0.05) is 0 Å². The van der Waals surface area contributed by atoms with Crippen LogP contribution in [0.25, 0.3) is 0 Å². The number of aliphatic carboxylic acids is 1. The van der Waals surface area contributed by atoms with Crippen LogP contribution in [0.2, 0.25) is 0 Å². The Morgan fingerprint density at radius 2 is 2.00 bits per heavy atom. The first-order chi connectivity index (χ1) is 9.59. The summed E-state index contributed by atoms with van der Waals surface area (Å²) in [6.07, 6.45) is 6.41. The molecule has 0 radical (unpaired) electrons. The van der Waals surface area contributed by atoms with E-state index in [2.05, 4.69) is 10.3 Å². The zero-order chi connectivity index (χ0) is 14.8. The maximum absolute atomic E-state index is 11.6. The number of carbonyl (C=O) groups is 2. The van der Waals surface area contributed by atoms with Crippen LogP contribution in [0.5, 0.6) is 0 Å². The van der Waals surface area contributed by atoms with E-state index < -0.39 is 12.0 Å². The molecule has 0 unspecified atom stereocenters. The number of nitrogens with two attached hydrogens (primary N) is 1. The van der Waals surface area contributed by atoms with Gasteiger partial charge in [0, 0.05) is 25.4 Å². The number of aromatic nitrogens is 1. The van der Waals surface area contributed by atoms with Gasteiger partial charge in [-0.05, 0) is 43.4 Å². The van der Waals surface area contributed by atoms with E-state index in [1.165, 1.54) is 0 Å². The van der Waals surface area contributed by atoms with Crippen LogP contribution >= 0.6 is 0 Å². The Morgan fingerprint density at radius 1 is 1.30 bits per heavy atom. The molecule has 0 spiro atoms. The molecule has 20 heavy (non-hydrogen) atoms. The summed E-state index contributed by atoms with van der Waals surface area (Å²) in [6.45, 7) is 0.557. The van der Waals surface area contributed by atoms with E-state index in [1.807, 2.05) is 12.1 Å². The summed E-state index contributed by atoms with van der Waals surface area (Å²) < 4.78 is 0. The van der Waals surface area contributed by atoms with Crippen molar-refractivity contribution in [3.8, 4) is 0 Å². The van der Waals surface area contributed by atoms with E-state index in [0.29, 0.717) is 32.2 Å². The second-order valence-electron chi connectivity index (χ2n) is 4.65. The minimum absolute atomic E-state index is 0.00402. The molecule has 6 heteroatoms. The van der Waals surface area contributed by atoms with E-state index in [-0.39, 0.29) is 5.91 Å². The molecule has 4 N–H and O–H groups in total. The highest BCUT2D eigenvalue weighted by molar-refractivity contribution is 5.76. The summed E-state index contributed by atoms with van der Waals surface area (Å²) >= 11 is 0. The van der Waals surface area contributed by atoms with Crippen molar-refractivity contribution >= 4 is 11.9 Å². The Morgan fingerprint density at radius 3 is 2.65 bits per heavy atom. The molecular formula is C14H21N3O3. The molecule has 0 saturated heterocycles. The summed E-state index contributed by atoms with van der Waals surface area (Å²) in [7, 11) is 0. The molecule has 0 saturated carbocycles. The average Bonchev–Trinajstić information content (AvgIpc) is 2.45. The van der Waals surface area contributed by atoms with E-state index in [1.54, 1.807) is 12.4 Å². The Bertz CT molecular complexity index is 423. The van der Waals surface area contributed by atoms with Gasteiger partial charge in [-0.3, -0.25) is 14.6 Å². The first-order valence-corrected chi connectivity index (χ1v) is 6.73. The van der Waals surface area contributed by atoms with Crippen molar-refractivity contribution in [2.24, 2.45) is 5.73 Å². The number of nitrogens with zero attached hydrogens (tertiary/aromatic N) is 1. The molecule has 0 aliphatic rings. The highest BCUT2D eigenvalue weighted by atomic mass is 16.4. The molecular weight excluding hydrogens is 258 g/mol. The van der Waals surface area contributed by atoms with Crippen LogP contribution in [0.4, 0.5) is 0 Å². The number of carbonyl (C=O) groups excluding carboxylic acids is 1. The number of pyridine rings is 1. The third-order valence-electron chi connectivity index (χ3n) is 2.97. The molecule has 1 rings (SSSR count). The van der Waals surface area contributed by atoms with Crippen LogP contribution in [0, 0.1) is 0 Å². The van der Waals surface area contributed by atoms with Crippen LogP contribution in [-0.2, 0) is 16.0 Å². The topological polar surface area (TPSA) is 105 Å². The molecule has 0 bridgehead atoms. The molecule has 1 atom stereocenters. The molecule has 1 amide bonds. The molecule has 0 aromatic carbocycles. The van der Waals surface area contributed by atoms with Gasteiger partial charge in [0.2, 0.25) is 5.91 Å². The maximum Gasteiger partial charge on any atom is 0.320 e. The zero-order valence-corrected chi connectivity index (χ0v) is 11.4. The molecule has 0 aliphatic carbocycles. The summed E-state index contributed by atoms with van der Waals surface area (Å²) in [4.78, 5) is 26.0. The van der Waals surface area contributed by atoms with Crippen molar-refractivity contribution in [3.63, 3.8) is 0 Å². The van der Waals surface area contributed by atoms with Gasteiger partial charge in [0.15, 0.2) is 0 Å². The number of rotatable bonds is 9. The third-order valence-corrected chi connectivity index (χ3v) is 2.97. The predicted molar refractivity (Wildman–Crippen MR) is 75.0 cm³/mol.